The van der Waals surface area contributed by atoms with Crippen LogP contribution < -0.4 is 11.1 Å². The van der Waals surface area contributed by atoms with Crippen LogP contribution in [0.25, 0.3) is 0 Å². The molecule has 0 aromatic heterocycles. The van der Waals surface area contributed by atoms with Gasteiger partial charge in [0.25, 0.3) is 5.91 Å². The predicted octanol–water partition coefficient (Wildman–Crippen LogP) is 1.84. The molecule has 8 heteroatoms. The quantitative estimate of drug-likeness (QED) is 0.813. The van der Waals surface area contributed by atoms with Gasteiger partial charge < -0.3 is 10.5 Å². The molecular formula is C11H10BrClN2O4. The van der Waals surface area contributed by atoms with Gasteiger partial charge in [0.15, 0.2) is 6.10 Å². The highest BCUT2D eigenvalue weighted by Gasteiger charge is 2.21. The van der Waals surface area contributed by atoms with E-state index in [1.165, 1.54) is 19.1 Å². The highest BCUT2D eigenvalue weighted by Crippen LogP contribution is 2.22. The maximum Gasteiger partial charge on any atom is 0.340 e. The molecule has 1 atom stereocenters. The summed E-state index contributed by atoms with van der Waals surface area (Å²) in [5.74, 6) is -1.59. The number of imide groups is 1. The maximum absolute atomic E-state index is 11.8. The summed E-state index contributed by atoms with van der Waals surface area (Å²) >= 11 is 9.03. The van der Waals surface area contributed by atoms with E-state index in [9.17, 15) is 14.4 Å². The first-order valence-electron chi connectivity index (χ1n) is 5.07. The van der Waals surface area contributed by atoms with Crippen molar-refractivity contribution < 1.29 is 19.1 Å². The number of halogens is 2. The van der Waals surface area contributed by atoms with E-state index in [2.05, 4.69) is 15.9 Å². The largest absolute Gasteiger partial charge is 0.449 e. The SMILES string of the molecule is CC(OC(=O)c1cc(Br)ccc1Cl)C(=O)NC(N)=O. The van der Waals surface area contributed by atoms with Crippen LogP contribution in [-0.2, 0) is 9.53 Å². The molecule has 3 N–H and O–H groups in total. The Bertz CT molecular complexity index is 535. The number of esters is 1. The lowest BCUT2D eigenvalue weighted by Gasteiger charge is -2.12. The molecule has 19 heavy (non-hydrogen) atoms. The lowest BCUT2D eigenvalue weighted by molar-refractivity contribution is -0.127. The number of primary amides is 1. The second-order valence-electron chi connectivity index (χ2n) is 3.53. The fraction of sp³-hybridized carbons (Fsp3) is 0.182. The number of rotatable bonds is 3. The zero-order valence-corrected chi connectivity index (χ0v) is 12.1. The van der Waals surface area contributed by atoms with Crippen molar-refractivity contribution in [3.05, 3.63) is 33.3 Å². The number of urea groups is 1. The smallest absolute Gasteiger partial charge is 0.340 e. The van der Waals surface area contributed by atoms with Crippen molar-refractivity contribution >= 4 is 45.4 Å². The van der Waals surface area contributed by atoms with Crippen molar-refractivity contribution in [1.29, 1.82) is 0 Å². The molecule has 1 rings (SSSR count). The molecule has 0 saturated heterocycles. The molecule has 0 aliphatic heterocycles. The number of carbonyl (C=O) groups is 3. The second-order valence-corrected chi connectivity index (χ2v) is 4.85. The van der Waals surface area contributed by atoms with E-state index in [0.717, 1.165) is 0 Å². The van der Waals surface area contributed by atoms with Gasteiger partial charge in [-0.1, -0.05) is 27.5 Å². The number of carbonyl (C=O) groups excluding carboxylic acids is 3. The minimum absolute atomic E-state index is 0.106. The molecule has 6 nitrogen and oxygen atoms in total. The fourth-order valence-corrected chi connectivity index (χ4v) is 1.71. The first kappa shape index (κ1) is 15.5. The molecule has 0 saturated carbocycles. The average molecular weight is 350 g/mol. The highest BCUT2D eigenvalue weighted by atomic mass is 79.9. The molecule has 0 fully saturated rings. The second kappa shape index (κ2) is 6.53. The number of benzene rings is 1. The van der Waals surface area contributed by atoms with Crippen LogP contribution in [0.1, 0.15) is 17.3 Å². The zero-order chi connectivity index (χ0) is 14.6. The first-order valence-corrected chi connectivity index (χ1v) is 6.24. The van der Waals surface area contributed by atoms with Crippen LogP contribution in [0.15, 0.2) is 22.7 Å². The first-order chi connectivity index (χ1) is 8.81. The van der Waals surface area contributed by atoms with E-state index in [-0.39, 0.29) is 10.6 Å². The molecule has 1 aromatic rings. The molecule has 1 unspecified atom stereocenters. The minimum atomic E-state index is -1.17. The van der Waals surface area contributed by atoms with Crippen molar-refractivity contribution in [2.75, 3.05) is 0 Å². The summed E-state index contributed by atoms with van der Waals surface area (Å²) in [6.45, 7) is 1.31. The third-order valence-corrected chi connectivity index (χ3v) is 2.87. The highest BCUT2D eigenvalue weighted by molar-refractivity contribution is 9.10. The van der Waals surface area contributed by atoms with E-state index in [0.29, 0.717) is 4.47 Å². The Morgan fingerprint density at radius 2 is 2.05 bits per heavy atom. The Hall–Kier alpha value is -1.60. The zero-order valence-electron chi connectivity index (χ0n) is 9.78. The molecule has 0 heterocycles. The summed E-state index contributed by atoms with van der Waals surface area (Å²) in [7, 11) is 0. The summed E-state index contributed by atoms with van der Waals surface area (Å²) in [6.07, 6.45) is -1.17. The van der Waals surface area contributed by atoms with Gasteiger partial charge in [-0.15, -0.1) is 0 Å². The van der Waals surface area contributed by atoms with Crippen molar-refractivity contribution in [3.8, 4) is 0 Å². The van der Waals surface area contributed by atoms with Crippen molar-refractivity contribution in [2.24, 2.45) is 5.73 Å². The molecule has 0 bridgehead atoms. The van der Waals surface area contributed by atoms with Gasteiger partial charge in [-0.3, -0.25) is 10.1 Å². The van der Waals surface area contributed by atoms with Crippen molar-refractivity contribution in [2.45, 2.75) is 13.0 Å². The fourth-order valence-electron chi connectivity index (χ4n) is 1.15. The number of amides is 3. The van der Waals surface area contributed by atoms with Gasteiger partial charge >= 0.3 is 12.0 Å². The maximum atomic E-state index is 11.8. The Morgan fingerprint density at radius 3 is 2.63 bits per heavy atom. The van der Waals surface area contributed by atoms with E-state index in [1.54, 1.807) is 11.4 Å². The number of nitrogens with one attached hydrogen (secondary N) is 1. The third kappa shape index (κ3) is 4.53. The van der Waals surface area contributed by atoms with Crippen LogP contribution in [0.2, 0.25) is 5.02 Å². The van der Waals surface area contributed by atoms with Gasteiger partial charge in [0.05, 0.1) is 10.6 Å². The molecule has 1 aromatic carbocycles. The van der Waals surface area contributed by atoms with Gasteiger partial charge in [0.1, 0.15) is 0 Å². The van der Waals surface area contributed by atoms with Crippen LogP contribution in [0.4, 0.5) is 4.79 Å². The summed E-state index contributed by atoms with van der Waals surface area (Å²) < 4.78 is 5.51. The molecular weight excluding hydrogens is 339 g/mol. The predicted molar refractivity (Wildman–Crippen MR) is 71.8 cm³/mol. The molecule has 0 radical (unpaired) electrons. The molecule has 0 aliphatic rings. The Labute approximate surface area is 122 Å². The summed E-state index contributed by atoms with van der Waals surface area (Å²) in [5, 5.41) is 2.00. The van der Waals surface area contributed by atoms with E-state index < -0.39 is 24.0 Å². The van der Waals surface area contributed by atoms with Crippen LogP contribution in [-0.4, -0.2) is 24.0 Å². The Balaban J connectivity index is 2.77. The molecule has 102 valence electrons. The van der Waals surface area contributed by atoms with Crippen LogP contribution in [0.3, 0.4) is 0 Å². The number of ether oxygens (including phenoxy) is 1. The topological polar surface area (TPSA) is 98.5 Å². The van der Waals surface area contributed by atoms with Crippen LogP contribution in [0, 0.1) is 0 Å². The standard InChI is InChI=1S/C11H10BrClN2O4/c1-5(9(16)15-11(14)18)19-10(17)7-4-6(12)2-3-8(7)13/h2-5H,1H3,(H3,14,15,16,18). The summed E-state index contributed by atoms with van der Waals surface area (Å²) in [4.78, 5) is 33.6. The summed E-state index contributed by atoms with van der Waals surface area (Å²) in [5.41, 5.74) is 4.88. The van der Waals surface area contributed by atoms with Gasteiger partial charge in [-0.05, 0) is 25.1 Å². The monoisotopic (exact) mass is 348 g/mol. The molecule has 3 amide bonds. The van der Waals surface area contributed by atoms with Gasteiger partial charge in [-0.25, -0.2) is 9.59 Å². The average Bonchev–Trinajstić information content (AvgIpc) is 2.31. The van der Waals surface area contributed by atoms with E-state index >= 15 is 0 Å². The van der Waals surface area contributed by atoms with Crippen molar-refractivity contribution in [1.82, 2.24) is 5.32 Å². The number of hydrogen-bond donors (Lipinski definition) is 2. The Kier molecular flexibility index (Phi) is 5.31. The Morgan fingerprint density at radius 1 is 1.42 bits per heavy atom. The summed E-state index contributed by atoms with van der Waals surface area (Å²) in [6, 6.07) is 3.61. The third-order valence-electron chi connectivity index (χ3n) is 2.05. The lowest BCUT2D eigenvalue weighted by Crippen LogP contribution is -2.42. The number of nitrogens with two attached hydrogens (primary N) is 1. The van der Waals surface area contributed by atoms with Crippen LogP contribution in [0.5, 0.6) is 0 Å². The molecule has 0 aliphatic carbocycles. The van der Waals surface area contributed by atoms with Gasteiger partial charge in [0, 0.05) is 4.47 Å². The van der Waals surface area contributed by atoms with E-state index in [4.69, 9.17) is 22.1 Å². The normalized spacial score (nSPS) is 11.5. The van der Waals surface area contributed by atoms with E-state index in [1.807, 2.05) is 0 Å². The minimum Gasteiger partial charge on any atom is -0.449 e. The lowest BCUT2D eigenvalue weighted by atomic mass is 10.2. The number of hydrogen-bond acceptors (Lipinski definition) is 4. The van der Waals surface area contributed by atoms with Crippen molar-refractivity contribution in [3.63, 3.8) is 0 Å². The molecule has 0 spiro atoms. The van der Waals surface area contributed by atoms with Gasteiger partial charge in [0.2, 0.25) is 0 Å². The van der Waals surface area contributed by atoms with Gasteiger partial charge in [-0.2, -0.15) is 0 Å². The van der Waals surface area contributed by atoms with Crippen LogP contribution >= 0.6 is 27.5 Å².